The van der Waals surface area contributed by atoms with Crippen molar-refractivity contribution in [3.05, 3.63) is 54.0 Å². The molecule has 7 nitrogen and oxygen atoms in total. The number of hydrogen-bond donors (Lipinski definition) is 1. The summed E-state index contributed by atoms with van der Waals surface area (Å²) in [6.45, 7) is 5.18. The number of rotatable bonds is 3. The number of amides is 1. The van der Waals surface area contributed by atoms with Gasteiger partial charge >= 0.3 is 0 Å². The van der Waals surface area contributed by atoms with Gasteiger partial charge in [0.1, 0.15) is 5.69 Å². The largest absolute Gasteiger partial charge is 0.378 e. The van der Waals surface area contributed by atoms with Crippen LogP contribution in [0.3, 0.4) is 0 Å². The number of aryl methyl sites for hydroxylation is 1. The number of ether oxygens (including phenoxy) is 1. The molecule has 0 unspecified atom stereocenters. The molecule has 128 valence electrons. The zero-order valence-corrected chi connectivity index (χ0v) is 14.0. The minimum Gasteiger partial charge on any atom is -0.378 e. The second-order valence-corrected chi connectivity index (χ2v) is 5.98. The molecule has 1 amide bonds. The van der Waals surface area contributed by atoms with Crippen LogP contribution < -0.4 is 10.2 Å². The minimum atomic E-state index is -0.231. The van der Waals surface area contributed by atoms with Crippen LogP contribution in [0, 0.1) is 6.92 Å². The molecule has 25 heavy (non-hydrogen) atoms. The van der Waals surface area contributed by atoms with Crippen LogP contribution in [-0.4, -0.2) is 46.8 Å². The molecule has 1 aliphatic rings. The Hall–Kier alpha value is -2.93. The number of morpholine rings is 1. The van der Waals surface area contributed by atoms with Crippen molar-refractivity contribution in [2.45, 2.75) is 6.92 Å². The summed E-state index contributed by atoms with van der Waals surface area (Å²) in [7, 11) is 0. The third kappa shape index (κ3) is 3.18. The summed E-state index contributed by atoms with van der Waals surface area (Å²) in [6.07, 6.45) is 1.67. The van der Waals surface area contributed by atoms with E-state index in [4.69, 9.17) is 4.74 Å². The second-order valence-electron chi connectivity index (χ2n) is 5.98. The maximum absolute atomic E-state index is 12.5. The van der Waals surface area contributed by atoms with Crippen molar-refractivity contribution < 1.29 is 9.53 Å². The Kier molecular flexibility index (Phi) is 4.07. The molecule has 0 radical (unpaired) electrons. The third-order valence-corrected chi connectivity index (χ3v) is 4.27. The summed E-state index contributed by atoms with van der Waals surface area (Å²) in [5, 5.41) is 7.06. The molecular formula is C18H19N5O2. The van der Waals surface area contributed by atoms with E-state index in [0.29, 0.717) is 11.3 Å². The minimum absolute atomic E-state index is 0.231. The Labute approximate surface area is 145 Å². The molecule has 1 fully saturated rings. The second kappa shape index (κ2) is 6.52. The predicted molar refractivity (Wildman–Crippen MR) is 95.2 cm³/mol. The first-order valence-electron chi connectivity index (χ1n) is 8.26. The Balaban J connectivity index is 1.49. The van der Waals surface area contributed by atoms with Crippen LogP contribution in [0.4, 0.5) is 11.4 Å². The Morgan fingerprint density at radius 1 is 1.16 bits per heavy atom. The molecule has 3 aromatic rings. The molecule has 0 saturated carbocycles. The molecule has 3 heterocycles. The highest BCUT2D eigenvalue weighted by molar-refractivity contribution is 6.03. The number of benzene rings is 1. The molecule has 4 rings (SSSR count). The number of nitrogens with zero attached hydrogens (tertiary/aromatic N) is 4. The number of fused-ring (bicyclic) bond motifs is 1. The van der Waals surface area contributed by atoms with Gasteiger partial charge in [-0.2, -0.15) is 5.10 Å². The summed E-state index contributed by atoms with van der Waals surface area (Å²) in [5.41, 5.74) is 3.78. The first-order valence-corrected chi connectivity index (χ1v) is 8.26. The van der Waals surface area contributed by atoms with Gasteiger partial charge in [-0.05, 0) is 37.3 Å². The van der Waals surface area contributed by atoms with E-state index in [1.54, 1.807) is 22.8 Å². The highest BCUT2D eigenvalue weighted by Gasteiger charge is 2.13. The van der Waals surface area contributed by atoms with E-state index in [9.17, 15) is 4.79 Å². The van der Waals surface area contributed by atoms with Crippen molar-refractivity contribution in [1.82, 2.24) is 14.6 Å². The fourth-order valence-corrected chi connectivity index (χ4v) is 2.96. The molecular weight excluding hydrogens is 318 g/mol. The Morgan fingerprint density at radius 2 is 1.92 bits per heavy atom. The highest BCUT2D eigenvalue weighted by atomic mass is 16.5. The predicted octanol–water partition coefficient (Wildman–Crippen LogP) is 2.13. The van der Waals surface area contributed by atoms with Gasteiger partial charge in [0, 0.05) is 36.2 Å². The van der Waals surface area contributed by atoms with Crippen molar-refractivity contribution in [3.63, 3.8) is 0 Å². The van der Waals surface area contributed by atoms with Crippen LogP contribution >= 0.6 is 0 Å². The molecule has 1 aromatic carbocycles. The first kappa shape index (κ1) is 15.6. The Morgan fingerprint density at radius 3 is 2.68 bits per heavy atom. The first-order chi connectivity index (χ1) is 12.2. The van der Waals surface area contributed by atoms with Gasteiger partial charge in [0.15, 0.2) is 5.65 Å². The van der Waals surface area contributed by atoms with E-state index in [0.717, 1.165) is 43.4 Å². The van der Waals surface area contributed by atoms with Gasteiger partial charge in [-0.1, -0.05) is 0 Å². The molecule has 0 spiro atoms. The number of aromatic nitrogens is 3. The molecule has 2 aromatic heterocycles. The van der Waals surface area contributed by atoms with Gasteiger partial charge in [-0.15, -0.1) is 0 Å². The van der Waals surface area contributed by atoms with Crippen LogP contribution in [0.1, 0.15) is 16.2 Å². The number of hydrogen-bond acceptors (Lipinski definition) is 5. The summed E-state index contributed by atoms with van der Waals surface area (Å²) >= 11 is 0. The van der Waals surface area contributed by atoms with Crippen molar-refractivity contribution >= 4 is 22.9 Å². The molecule has 1 aliphatic heterocycles. The van der Waals surface area contributed by atoms with Gasteiger partial charge in [-0.3, -0.25) is 4.79 Å². The summed E-state index contributed by atoms with van der Waals surface area (Å²) < 4.78 is 7.07. The van der Waals surface area contributed by atoms with Crippen molar-refractivity contribution in [2.24, 2.45) is 0 Å². The van der Waals surface area contributed by atoms with Crippen molar-refractivity contribution in [1.29, 1.82) is 0 Å². The van der Waals surface area contributed by atoms with Gasteiger partial charge in [-0.25, -0.2) is 9.50 Å². The fraction of sp³-hybridized carbons (Fsp3) is 0.278. The van der Waals surface area contributed by atoms with Crippen LogP contribution in [0.25, 0.3) is 5.65 Å². The zero-order valence-electron chi connectivity index (χ0n) is 14.0. The average molecular weight is 337 g/mol. The lowest BCUT2D eigenvalue weighted by Gasteiger charge is -2.28. The quantitative estimate of drug-likeness (QED) is 0.793. The van der Waals surface area contributed by atoms with Gasteiger partial charge in [0.2, 0.25) is 0 Å². The Bertz CT molecular complexity index is 897. The van der Waals surface area contributed by atoms with Crippen molar-refractivity contribution in [3.8, 4) is 0 Å². The molecule has 0 bridgehead atoms. The maximum atomic E-state index is 12.5. The lowest BCUT2D eigenvalue weighted by atomic mass is 10.2. The van der Waals surface area contributed by atoms with Crippen LogP contribution in [-0.2, 0) is 4.74 Å². The molecule has 0 atom stereocenters. The normalized spacial score (nSPS) is 14.7. The van der Waals surface area contributed by atoms with E-state index in [-0.39, 0.29) is 5.91 Å². The smallest absolute Gasteiger partial charge is 0.274 e. The third-order valence-electron chi connectivity index (χ3n) is 4.27. The topological polar surface area (TPSA) is 71.8 Å². The molecule has 7 heteroatoms. The van der Waals surface area contributed by atoms with Crippen molar-refractivity contribution in [2.75, 3.05) is 36.5 Å². The number of nitrogens with one attached hydrogen (secondary N) is 1. The lowest BCUT2D eigenvalue weighted by molar-refractivity contribution is 0.102. The summed E-state index contributed by atoms with van der Waals surface area (Å²) in [5.74, 6) is -0.231. The molecule has 1 N–H and O–H groups in total. The summed E-state index contributed by atoms with van der Waals surface area (Å²) in [6, 6.07) is 11.4. The monoisotopic (exact) mass is 337 g/mol. The van der Waals surface area contributed by atoms with E-state index in [1.165, 1.54) is 0 Å². The van der Waals surface area contributed by atoms with E-state index in [1.807, 2.05) is 31.2 Å². The van der Waals surface area contributed by atoms with Gasteiger partial charge in [0.05, 0.1) is 19.4 Å². The fourth-order valence-electron chi connectivity index (χ4n) is 2.96. The standard InChI is InChI=1S/C18H19N5O2/c1-13-12-16(21-17-6-7-19-23(13)17)18(24)20-14-2-4-15(5-3-14)22-8-10-25-11-9-22/h2-7,12H,8-11H2,1H3,(H,20,24). The van der Waals surface area contributed by atoms with E-state index >= 15 is 0 Å². The average Bonchev–Trinajstić information content (AvgIpc) is 3.12. The SMILES string of the molecule is Cc1cc(C(=O)Nc2ccc(N3CCOCC3)cc2)nc2ccnn12. The highest BCUT2D eigenvalue weighted by Crippen LogP contribution is 2.19. The number of anilines is 2. The van der Waals surface area contributed by atoms with Crippen LogP contribution in [0.2, 0.25) is 0 Å². The molecule has 0 aliphatic carbocycles. The van der Waals surface area contributed by atoms with Gasteiger partial charge in [0.25, 0.3) is 5.91 Å². The van der Waals surface area contributed by atoms with Gasteiger partial charge < -0.3 is 15.0 Å². The number of carbonyl (C=O) groups is 1. The zero-order chi connectivity index (χ0) is 17.2. The lowest BCUT2D eigenvalue weighted by Crippen LogP contribution is -2.36. The van der Waals surface area contributed by atoms with E-state index in [2.05, 4.69) is 20.3 Å². The summed E-state index contributed by atoms with van der Waals surface area (Å²) in [4.78, 5) is 19.1. The molecule has 1 saturated heterocycles. The van der Waals surface area contributed by atoms with Crippen LogP contribution in [0.5, 0.6) is 0 Å². The van der Waals surface area contributed by atoms with E-state index < -0.39 is 0 Å². The number of carbonyl (C=O) groups excluding carboxylic acids is 1. The van der Waals surface area contributed by atoms with Crippen LogP contribution in [0.15, 0.2) is 42.6 Å². The maximum Gasteiger partial charge on any atom is 0.274 e.